The van der Waals surface area contributed by atoms with Crippen molar-refractivity contribution in [2.24, 2.45) is 5.10 Å². The summed E-state index contributed by atoms with van der Waals surface area (Å²) in [4.78, 5) is 12.4. The van der Waals surface area contributed by atoms with Gasteiger partial charge in [-0.05, 0) is 47.5 Å². The molecule has 0 unspecified atom stereocenters. The lowest BCUT2D eigenvalue weighted by Crippen LogP contribution is -2.18. The van der Waals surface area contributed by atoms with Crippen molar-refractivity contribution in [1.29, 1.82) is 0 Å². The molecule has 0 aromatic heterocycles. The molecule has 0 saturated carbocycles. The molecule has 0 aliphatic carbocycles. The fraction of sp³-hybridized carbons (Fsp3) is 0.130. The van der Waals surface area contributed by atoms with Gasteiger partial charge in [-0.2, -0.15) is 5.10 Å². The van der Waals surface area contributed by atoms with Gasteiger partial charge in [-0.1, -0.05) is 41.9 Å². The van der Waals surface area contributed by atoms with Crippen LogP contribution in [0.1, 0.15) is 21.5 Å². The minimum Gasteiger partial charge on any atom is -0.496 e. The van der Waals surface area contributed by atoms with E-state index < -0.39 is 5.91 Å². The smallest absolute Gasteiger partial charge is 0.275 e. The summed E-state index contributed by atoms with van der Waals surface area (Å²) >= 11 is 5.96. The number of carbonyl (C=O) groups is 1. The first-order valence-corrected chi connectivity index (χ1v) is 9.50. The standard InChI is InChI=1S/C23H21ClN2O4/c1-28-20-11-9-18(24)13-19(20)23(27)26-25-14-17-8-10-21(22(12-17)29-2)30-15-16-6-4-3-5-7-16/h3-14H,15H2,1-2H3,(H,26,27)/b25-14+. The van der Waals surface area contributed by atoms with Crippen molar-refractivity contribution in [1.82, 2.24) is 5.43 Å². The van der Waals surface area contributed by atoms with Gasteiger partial charge in [0.15, 0.2) is 11.5 Å². The van der Waals surface area contributed by atoms with E-state index in [4.69, 9.17) is 25.8 Å². The van der Waals surface area contributed by atoms with E-state index in [0.29, 0.717) is 34.4 Å². The Bertz CT molecular complexity index is 1040. The van der Waals surface area contributed by atoms with Crippen LogP contribution in [-0.4, -0.2) is 26.3 Å². The van der Waals surface area contributed by atoms with Crippen LogP contribution in [0.25, 0.3) is 0 Å². The molecule has 0 bridgehead atoms. The molecule has 3 aromatic carbocycles. The third-order valence-corrected chi connectivity index (χ3v) is 4.45. The van der Waals surface area contributed by atoms with Gasteiger partial charge in [0.05, 0.1) is 26.0 Å². The molecule has 7 heteroatoms. The van der Waals surface area contributed by atoms with Crippen molar-refractivity contribution in [2.45, 2.75) is 6.61 Å². The molecule has 154 valence electrons. The largest absolute Gasteiger partial charge is 0.496 e. The van der Waals surface area contributed by atoms with Gasteiger partial charge in [0, 0.05) is 5.02 Å². The Hall–Kier alpha value is -3.51. The summed E-state index contributed by atoms with van der Waals surface area (Å²) in [6.45, 7) is 0.433. The average Bonchev–Trinajstić information content (AvgIpc) is 2.78. The quantitative estimate of drug-likeness (QED) is 0.420. The molecule has 6 nitrogen and oxygen atoms in total. The second-order valence-electron chi connectivity index (χ2n) is 6.23. The van der Waals surface area contributed by atoms with E-state index in [1.807, 2.05) is 36.4 Å². The van der Waals surface area contributed by atoms with Crippen LogP contribution in [0.2, 0.25) is 5.02 Å². The second-order valence-corrected chi connectivity index (χ2v) is 6.66. The molecule has 0 atom stereocenters. The minimum absolute atomic E-state index is 0.296. The predicted octanol–water partition coefficient (Wildman–Crippen LogP) is 4.70. The van der Waals surface area contributed by atoms with E-state index in [0.717, 1.165) is 11.1 Å². The van der Waals surface area contributed by atoms with Crippen LogP contribution in [-0.2, 0) is 6.61 Å². The summed E-state index contributed by atoms with van der Waals surface area (Å²) in [5, 5.41) is 4.43. The van der Waals surface area contributed by atoms with Gasteiger partial charge in [-0.15, -0.1) is 0 Å². The molecule has 0 aliphatic rings. The SMILES string of the molecule is COc1cc(/C=N/NC(=O)c2cc(Cl)ccc2OC)ccc1OCc1ccccc1. The van der Waals surface area contributed by atoms with Crippen molar-refractivity contribution in [3.05, 3.63) is 88.4 Å². The van der Waals surface area contributed by atoms with Crippen LogP contribution in [0.15, 0.2) is 71.8 Å². The lowest BCUT2D eigenvalue weighted by Gasteiger charge is -2.11. The molecule has 3 aromatic rings. The fourth-order valence-electron chi connectivity index (χ4n) is 2.70. The second kappa shape index (κ2) is 10.3. The average molecular weight is 425 g/mol. The zero-order valence-electron chi connectivity index (χ0n) is 16.6. The maximum atomic E-state index is 12.4. The minimum atomic E-state index is -0.430. The summed E-state index contributed by atoms with van der Waals surface area (Å²) in [6.07, 6.45) is 1.51. The number of nitrogens with one attached hydrogen (secondary N) is 1. The predicted molar refractivity (Wildman–Crippen MR) is 117 cm³/mol. The Morgan fingerprint density at radius 1 is 0.967 bits per heavy atom. The molecule has 0 spiro atoms. The summed E-state index contributed by atoms with van der Waals surface area (Å²) in [5.41, 5.74) is 4.56. The van der Waals surface area contributed by atoms with Crippen molar-refractivity contribution in [3.63, 3.8) is 0 Å². The summed E-state index contributed by atoms with van der Waals surface area (Å²) in [7, 11) is 3.05. The molecule has 1 amide bonds. The Balaban J connectivity index is 1.65. The number of ether oxygens (including phenoxy) is 3. The number of hydrazone groups is 1. The highest BCUT2D eigenvalue weighted by Crippen LogP contribution is 2.28. The lowest BCUT2D eigenvalue weighted by molar-refractivity contribution is 0.0952. The van der Waals surface area contributed by atoms with Gasteiger partial charge in [0.25, 0.3) is 5.91 Å². The summed E-state index contributed by atoms with van der Waals surface area (Å²) in [6, 6.07) is 20.0. The number of benzene rings is 3. The van der Waals surface area contributed by atoms with Crippen LogP contribution in [0.5, 0.6) is 17.2 Å². The van der Waals surface area contributed by atoms with Crippen LogP contribution in [0, 0.1) is 0 Å². The number of hydrogen-bond acceptors (Lipinski definition) is 5. The van der Waals surface area contributed by atoms with E-state index in [1.165, 1.54) is 19.4 Å². The number of methoxy groups -OCH3 is 2. The van der Waals surface area contributed by atoms with Crippen molar-refractivity contribution >= 4 is 23.7 Å². The lowest BCUT2D eigenvalue weighted by atomic mass is 10.2. The normalized spacial score (nSPS) is 10.6. The Morgan fingerprint density at radius 2 is 1.70 bits per heavy atom. The fourth-order valence-corrected chi connectivity index (χ4v) is 2.87. The highest BCUT2D eigenvalue weighted by atomic mass is 35.5. The number of halogens is 1. The third-order valence-electron chi connectivity index (χ3n) is 4.21. The molecular weight excluding hydrogens is 404 g/mol. The first-order valence-electron chi connectivity index (χ1n) is 9.12. The van der Waals surface area contributed by atoms with Gasteiger partial charge >= 0.3 is 0 Å². The van der Waals surface area contributed by atoms with E-state index in [1.54, 1.807) is 31.4 Å². The van der Waals surface area contributed by atoms with Crippen molar-refractivity contribution in [3.8, 4) is 17.2 Å². The Morgan fingerprint density at radius 3 is 2.43 bits per heavy atom. The van der Waals surface area contributed by atoms with Gasteiger partial charge in [0.1, 0.15) is 12.4 Å². The number of rotatable bonds is 8. The number of amides is 1. The maximum absolute atomic E-state index is 12.4. The van der Waals surface area contributed by atoms with Crippen molar-refractivity contribution in [2.75, 3.05) is 14.2 Å². The summed E-state index contributed by atoms with van der Waals surface area (Å²) < 4.78 is 16.4. The van der Waals surface area contributed by atoms with Gasteiger partial charge < -0.3 is 14.2 Å². The molecule has 0 radical (unpaired) electrons. The molecule has 30 heavy (non-hydrogen) atoms. The van der Waals surface area contributed by atoms with Crippen LogP contribution >= 0.6 is 11.6 Å². The van der Waals surface area contributed by atoms with Crippen LogP contribution in [0.3, 0.4) is 0 Å². The Labute approximate surface area is 180 Å². The Kier molecular flexibility index (Phi) is 7.29. The van der Waals surface area contributed by atoms with Gasteiger partial charge in [0.2, 0.25) is 0 Å². The monoisotopic (exact) mass is 424 g/mol. The molecule has 0 fully saturated rings. The topological polar surface area (TPSA) is 69.2 Å². The molecule has 1 N–H and O–H groups in total. The van der Waals surface area contributed by atoms with Gasteiger partial charge in [-0.3, -0.25) is 4.79 Å². The van der Waals surface area contributed by atoms with E-state index >= 15 is 0 Å². The number of nitrogens with zero attached hydrogens (tertiary/aromatic N) is 1. The highest BCUT2D eigenvalue weighted by molar-refractivity contribution is 6.31. The molecule has 0 aliphatic heterocycles. The molecular formula is C23H21ClN2O4. The van der Waals surface area contributed by atoms with Crippen LogP contribution in [0.4, 0.5) is 0 Å². The third kappa shape index (κ3) is 5.52. The van der Waals surface area contributed by atoms with Crippen molar-refractivity contribution < 1.29 is 19.0 Å². The van der Waals surface area contributed by atoms with E-state index in [-0.39, 0.29) is 0 Å². The van der Waals surface area contributed by atoms with Crippen LogP contribution < -0.4 is 19.6 Å². The maximum Gasteiger partial charge on any atom is 0.275 e. The first-order chi connectivity index (χ1) is 14.6. The summed E-state index contributed by atoms with van der Waals surface area (Å²) in [5.74, 6) is 1.16. The van der Waals surface area contributed by atoms with E-state index in [9.17, 15) is 4.79 Å². The van der Waals surface area contributed by atoms with E-state index in [2.05, 4.69) is 10.5 Å². The first kappa shape index (κ1) is 21.2. The zero-order chi connectivity index (χ0) is 21.3. The number of hydrogen-bond donors (Lipinski definition) is 1. The number of carbonyl (C=O) groups excluding carboxylic acids is 1. The molecule has 0 saturated heterocycles. The molecule has 3 rings (SSSR count). The zero-order valence-corrected chi connectivity index (χ0v) is 17.3. The molecule has 0 heterocycles. The van der Waals surface area contributed by atoms with Gasteiger partial charge in [-0.25, -0.2) is 5.43 Å². The highest BCUT2D eigenvalue weighted by Gasteiger charge is 2.12.